The molecule has 0 bridgehead atoms. The first kappa shape index (κ1) is 11.7. The third-order valence-electron chi connectivity index (χ3n) is 3.55. The Morgan fingerprint density at radius 1 is 1.16 bits per heavy atom. The molecule has 4 heteroatoms. The predicted molar refractivity (Wildman–Crippen MR) is 74.8 cm³/mol. The van der Waals surface area contributed by atoms with E-state index < -0.39 is 0 Å². The maximum absolute atomic E-state index is 10.7. The zero-order valence-electron chi connectivity index (χ0n) is 10.6. The van der Waals surface area contributed by atoms with E-state index in [9.17, 15) is 10.1 Å². The molecule has 2 aromatic rings. The molecule has 0 radical (unpaired) electrons. The molecule has 0 fully saturated rings. The molecule has 0 aromatic heterocycles. The minimum absolute atomic E-state index is 0.129. The van der Waals surface area contributed by atoms with Gasteiger partial charge in [0.05, 0.1) is 4.92 Å². The van der Waals surface area contributed by atoms with Gasteiger partial charge in [0, 0.05) is 29.5 Å². The molecular formula is C15H14N2O2. The quantitative estimate of drug-likeness (QED) is 0.606. The number of non-ortho nitro benzene ring substituents is 1. The van der Waals surface area contributed by atoms with Gasteiger partial charge in [0.25, 0.3) is 5.69 Å². The fraction of sp³-hybridized carbons (Fsp3) is 0.200. The molecule has 96 valence electrons. The molecule has 0 N–H and O–H groups in total. The zero-order valence-corrected chi connectivity index (χ0v) is 10.6. The number of hydrogen-bond donors (Lipinski definition) is 0. The summed E-state index contributed by atoms with van der Waals surface area (Å²) < 4.78 is 0. The van der Waals surface area contributed by atoms with E-state index in [1.54, 1.807) is 12.1 Å². The molecule has 1 atom stereocenters. The Morgan fingerprint density at radius 3 is 2.53 bits per heavy atom. The summed E-state index contributed by atoms with van der Waals surface area (Å²) in [5.41, 5.74) is 3.66. The van der Waals surface area contributed by atoms with Crippen LogP contribution in [0.15, 0.2) is 48.5 Å². The van der Waals surface area contributed by atoms with Gasteiger partial charge in [-0.3, -0.25) is 10.1 Å². The van der Waals surface area contributed by atoms with Gasteiger partial charge >= 0.3 is 0 Å². The molecule has 3 rings (SSSR count). The highest BCUT2D eigenvalue weighted by Crippen LogP contribution is 2.38. The van der Waals surface area contributed by atoms with E-state index in [2.05, 4.69) is 24.0 Å². The van der Waals surface area contributed by atoms with Crippen LogP contribution in [0, 0.1) is 10.1 Å². The number of nitrogens with zero attached hydrogens (tertiary/aromatic N) is 2. The van der Waals surface area contributed by atoms with Crippen LogP contribution in [0.1, 0.15) is 12.5 Å². The molecule has 1 aliphatic rings. The number of nitro benzene ring substituents is 1. The average molecular weight is 254 g/mol. The van der Waals surface area contributed by atoms with Gasteiger partial charge in [0.2, 0.25) is 0 Å². The lowest BCUT2D eigenvalue weighted by Crippen LogP contribution is -2.23. The molecule has 2 aromatic carbocycles. The number of hydrogen-bond acceptors (Lipinski definition) is 3. The SMILES string of the molecule is CC1Cc2ccccc2N1c1ccc([N+](=O)[O-])cc1. The summed E-state index contributed by atoms with van der Waals surface area (Å²) >= 11 is 0. The van der Waals surface area contributed by atoms with E-state index in [4.69, 9.17) is 0 Å². The number of para-hydroxylation sites is 1. The van der Waals surface area contributed by atoms with Gasteiger partial charge in [-0.25, -0.2) is 0 Å². The highest BCUT2D eigenvalue weighted by Gasteiger charge is 2.26. The van der Waals surface area contributed by atoms with Gasteiger partial charge in [0.1, 0.15) is 0 Å². The summed E-state index contributed by atoms with van der Waals surface area (Å²) in [4.78, 5) is 12.6. The van der Waals surface area contributed by atoms with Gasteiger partial charge in [-0.05, 0) is 37.1 Å². The number of anilines is 2. The van der Waals surface area contributed by atoms with Crippen molar-refractivity contribution < 1.29 is 4.92 Å². The lowest BCUT2D eigenvalue weighted by Gasteiger charge is -2.24. The van der Waals surface area contributed by atoms with Crippen molar-refractivity contribution in [3.05, 3.63) is 64.2 Å². The van der Waals surface area contributed by atoms with Crippen LogP contribution in [-0.2, 0) is 6.42 Å². The van der Waals surface area contributed by atoms with E-state index in [-0.39, 0.29) is 10.6 Å². The van der Waals surface area contributed by atoms with Gasteiger partial charge in [-0.2, -0.15) is 0 Å². The zero-order chi connectivity index (χ0) is 13.4. The Morgan fingerprint density at radius 2 is 1.84 bits per heavy atom. The minimum atomic E-state index is -0.370. The third-order valence-corrected chi connectivity index (χ3v) is 3.55. The lowest BCUT2D eigenvalue weighted by atomic mass is 10.1. The fourth-order valence-electron chi connectivity index (χ4n) is 2.69. The molecule has 4 nitrogen and oxygen atoms in total. The first-order valence-corrected chi connectivity index (χ1v) is 6.28. The topological polar surface area (TPSA) is 46.4 Å². The second-order valence-corrected chi connectivity index (χ2v) is 4.83. The van der Waals surface area contributed by atoms with Crippen molar-refractivity contribution in [2.24, 2.45) is 0 Å². The van der Waals surface area contributed by atoms with Crippen LogP contribution < -0.4 is 4.90 Å². The molecule has 0 spiro atoms. The summed E-state index contributed by atoms with van der Waals surface area (Å²) in [7, 11) is 0. The number of rotatable bonds is 2. The second kappa shape index (κ2) is 4.39. The third kappa shape index (κ3) is 1.95. The number of fused-ring (bicyclic) bond motifs is 1. The van der Waals surface area contributed by atoms with E-state index in [1.807, 2.05) is 24.3 Å². The van der Waals surface area contributed by atoms with E-state index in [1.165, 1.54) is 11.3 Å². The van der Waals surface area contributed by atoms with E-state index in [0.29, 0.717) is 6.04 Å². The van der Waals surface area contributed by atoms with Crippen molar-refractivity contribution in [1.82, 2.24) is 0 Å². The second-order valence-electron chi connectivity index (χ2n) is 4.83. The van der Waals surface area contributed by atoms with Crippen molar-refractivity contribution in [3.63, 3.8) is 0 Å². The number of nitro groups is 1. The summed E-state index contributed by atoms with van der Waals surface area (Å²) in [5, 5.41) is 10.7. The fourth-order valence-corrected chi connectivity index (χ4v) is 2.69. The molecule has 0 aliphatic carbocycles. The molecule has 0 amide bonds. The largest absolute Gasteiger partial charge is 0.338 e. The van der Waals surface area contributed by atoms with Crippen LogP contribution in [0.2, 0.25) is 0 Å². The van der Waals surface area contributed by atoms with Crippen LogP contribution in [0.5, 0.6) is 0 Å². The van der Waals surface area contributed by atoms with Gasteiger partial charge < -0.3 is 4.90 Å². The lowest BCUT2D eigenvalue weighted by molar-refractivity contribution is -0.384. The Bertz CT molecular complexity index is 622. The van der Waals surface area contributed by atoms with Crippen LogP contribution in [0.25, 0.3) is 0 Å². The van der Waals surface area contributed by atoms with Gasteiger partial charge in [0.15, 0.2) is 0 Å². The van der Waals surface area contributed by atoms with Crippen LogP contribution in [0.4, 0.5) is 17.1 Å². The average Bonchev–Trinajstić information content (AvgIpc) is 2.74. The summed E-state index contributed by atoms with van der Waals surface area (Å²) in [6, 6.07) is 15.4. The van der Waals surface area contributed by atoms with Crippen LogP contribution in [0.3, 0.4) is 0 Å². The molecule has 0 saturated heterocycles. The first-order chi connectivity index (χ1) is 9.16. The Kier molecular flexibility index (Phi) is 2.71. The molecule has 19 heavy (non-hydrogen) atoms. The molecule has 1 heterocycles. The monoisotopic (exact) mass is 254 g/mol. The standard InChI is InChI=1S/C15H14N2O2/c1-11-10-12-4-2-3-5-15(12)16(11)13-6-8-14(9-7-13)17(18)19/h2-9,11H,10H2,1H3. The van der Waals surface area contributed by atoms with Crippen LogP contribution in [-0.4, -0.2) is 11.0 Å². The van der Waals surface area contributed by atoms with Crippen molar-refractivity contribution in [2.45, 2.75) is 19.4 Å². The number of benzene rings is 2. The molecule has 0 saturated carbocycles. The Labute approximate surface area is 111 Å². The van der Waals surface area contributed by atoms with Crippen molar-refractivity contribution in [2.75, 3.05) is 4.90 Å². The first-order valence-electron chi connectivity index (χ1n) is 6.28. The van der Waals surface area contributed by atoms with E-state index in [0.717, 1.165) is 12.1 Å². The normalized spacial score (nSPS) is 17.3. The van der Waals surface area contributed by atoms with Crippen LogP contribution >= 0.6 is 0 Å². The maximum Gasteiger partial charge on any atom is 0.269 e. The highest BCUT2D eigenvalue weighted by molar-refractivity contribution is 5.71. The Hall–Kier alpha value is -2.36. The van der Waals surface area contributed by atoms with Gasteiger partial charge in [-0.15, -0.1) is 0 Å². The maximum atomic E-state index is 10.7. The van der Waals surface area contributed by atoms with Crippen molar-refractivity contribution >= 4 is 17.1 Å². The predicted octanol–water partition coefficient (Wildman–Crippen LogP) is 3.68. The molecule has 1 aliphatic heterocycles. The minimum Gasteiger partial charge on any atom is -0.338 e. The summed E-state index contributed by atoms with van der Waals surface area (Å²) in [5.74, 6) is 0. The Balaban J connectivity index is 2.00. The van der Waals surface area contributed by atoms with Gasteiger partial charge in [-0.1, -0.05) is 18.2 Å². The highest BCUT2D eigenvalue weighted by atomic mass is 16.6. The summed E-state index contributed by atoms with van der Waals surface area (Å²) in [6.45, 7) is 2.17. The summed E-state index contributed by atoms with van der Waals surface area (Å²) in [6.07, 6.45) is 1.01. The van der Waals surface area contributed by atoms with E-state index >= 15 is 0 Å². The smallest absolute Gasteiger partial charge is 0.269 e. The molecular weight excluding hydrogens is 240 g/mol. The van der Waals surface area contributed by atoms with Crippen molar-refractivity contribution in [3.8, 4) is 0 Å². The van der Waals surface area contributed by atoms with Crippen molar-refractivity contribution in [1.29, 1.82) is 0 Å². The molecule has 1 unspecified atom stereocenters.